The largest absolute Gasteiger partial charge is 0.399 e. The minimum Gasteiger partial charge on any atom is -0.399 e. The van der Waals surface area contributed by atoms with E-state index in [0.717, 1.165) is 23.9 Å². The maximum atomic E-state index is 5.80. The number of nitrogens with two attached hydrogens (primary N) is 1. The molecule has 2 nitrogen and oxygen atoms in total. The van der Waals surface area contributed by atoms with Gasteiger partial charge in [0, 0.05) is 25.3 Å². The van der Waals surface area contributed by atoms with Gasteiger partial charge in [-0.05, 0) is 48.8 Å². The van der Waals surface area contributed by atoms with Crippen LogP contribution in [0.4, 0.5) is 5.69 Å². The first-order chi connectivity index (χ1) is 8.31. The Balaban J connectivity index is 1.52. The van der Waals surface area contributed by atoms with Crippen LogP contribution in [0.2, 0.25) is 0 Å². The summed E-state index contributed by atoms with van der Waals surface area (Å²) in [5, 5.41) is 0. The van der Waals surface area contributed by atoms with Gasteiger partial charge in [-0.1, -0.05) is 18.6 Å². The number of anilines is 1. The predicted molar refractivity (Wildman–Crippen MR) is 71.8 cm³/mol. The Labute approximate surface area is 104 Å². The zero-order valence-corrected chi connectivity index (χ0v) is 10.4. The van der Waals surface area contributed by atoms with E-state index in [1.54, 1.807) is 0 Å². The zero-order valence-electron chi connectivity index (χ0n) is 10.4. The summed E-state index contributed by atoms with van der Waals surface area (Å²) in [4.78, 5) is 2.65. The molecule has 1 aromatic rings. The van der Waals surface area contributed by atoms with Crippen molar-refractivity contribution >= 4 is 5.69 Å². The van der Waals surface area contributed by atoms with Crippen LogP contribution in [0.25, 0.3) is 0 Å². The highest BCUT2D eigenvalue weighted by Gasteiger charge is 2.35. The number of benzene rings is 1. The van der Waals surface area contributed by atoms with Gasteiger partial charge >= 0.3 is 0 Å². The first-order valence-electron chi connectivity index (χ1n) is 6.88. The summed E-state index contributed by atoms with van der Waals surface area (Å²) >= 11 is 0. The molecule has 0 radical (unpaired) electrons. The van der Waals surface area contributed by atoms with E-state index in [4.69, 9.17) is 5.73 Å². The van der Waals surface area contributed by atoms with Crippen LogP contribution in [-0.2, 0) is 6.42 Å². The van der Waals surface area contributed by atoms with E-state index in [2.05, 4.69) is 23.1 Å². The van der Waals surface area contributed by atoms with Crippen molar-refractivity contribution in [3.63, 3.8) is 0 Å². The van der Waals surface area contributed by atoms with Gasteiger partial charge in [0.25, 0.3) is 0 Å². The summed E-state index contributed by atoms with van der Waals surface area (Å²) in [6, 6.07) is 8.32. The van der Waals surface area contributed by atoms with Crippen molar-refractivity contribution in [1.29, 1.82) is 0 Å². The minimum atomic E-state index is 0.890. The van der Waals surface area contributed by atoms with E-state index in [1.165, 1.54) is 44.5 Å². The number of fused-ring (bicyclic) bond motifs is 1. The summed E-state index contributed by atoms with van der Waals surface area (Å²) in [6.45, 7) is 3.89. The summed E-state index contributed by atoms with van der Waals surface area (Å²) < 4.78 is 0. The van der Waals surface area contributed by atoms with Crippen molar-refractivity contribution in [3.05, 3.63) is 29.8 Å². The SMILES string of the molecule is Nc1cccc(CCN2CC3CCCC3C2)c1. The van der Waals surface area contributed by atoms with Crippen LogP contribution >= 0.6 is 0 Å². The van der Waals surface area contributed by atoms with Crippen molar-refractivity contribution in [3.8, 4) is 0 Å². The van der Waals surface area contributed by atoms with Crippen LogP contribution in [0, 0.1) is 11.8 Å². The lowest BCUT2D eigenvalue weighted by Gasteiger charge is -2.16. The fourth-order valence-corrected chi connectivity index (χ4v) is 3.55. The molecule has 1 saturated heterocycles. The number of nitrogens with zero attached hydrogens (tertiary/aromatic N) is 1. The van der Waals surface area contributed by atoms with Gasteiger partial charge in [-0.2, -0.15) is 0 Å². The molecule has 2 atom stereocenters. The average molecular weight is 230 g/mol. The quantitative estimate of drug-likeness (QED) is 0.809. The van der Waals surface area contributed by atoms with Crippen molar-refractivity contribution in [2.45, 2.75) is 25.7 Å². The number of hydrogen-bond acceptors (Lipinski definition) is 2. The number of nitrogen functional groups attached to an aromatic ring is 1. The molecule has 17 heavy (non-hydrogen) atoms. The lowest BCUT2D eigenvalue weighted by molar-refractivity contribution is 0.315. The van der Waals surface area contributed by atoms with E-state index in [9.17, 15) is 0 Å². The molecule has 1 aliphatic heterocycles. The first kappa shape index (κ1) is 11.1. The molecule has 92 valence electrons. The first-order valence-corrected chi connectivity index (χ1v) is 6.88. The summed E-state index contributed by atoms with van der Waals surface area (Å²) in [6.07, 6.45) is 5.56. The van der Waals surface area contributed by atoms with Crippen LogP contribution in [0.3, 0.4) is 0 Å². The molecule has 1 aromatic carbocycles. The van der Waals surface area contributed by atoms with E-state index in [-0.39, 0.29) is 0 Å². The van der Waals surface area contributed by atoms with Gasteiger partial charge in [0.2, 0.25) is 0 Å². The monoisotopic (exact) mass is 230 g/mol. The molecule has 1 aliphatic carbocycles. The smallest absolute Gasteiger partial charge is 0.0316 e. The third-order valence-electron chi connectivity index (χ3n) is 4.47. The second-order valence-electron chi connectivity index (χ2n) is 5.71. The van der Waals surface area contributed by atoms with Crippen LogP contribution in [-0.4, -0.2) is 24.5 Å². The van der Waals surface area contributed by atoms with Gasteiger partial charge in [0.1, 0.15) is 0 Å². The topological polar surface area (TPSA) is 29.3 Å². The van der Waals surface area contributed by atoms with E-state index in [1.807, 2.05) is 6.07 Å². The van der Waals surface area contributed by atoms with Crippen molar-refractivity contribution in [2.75, 3.05) is 25.4 Å². The van der Waals surface area contributed by atoms with Gasteiger partial charge in [-0.3, -0.25) is 0 Å². The van der Waals surface area contributed by atoms with Crippen molar-refractivity contribution in [1.82, 2.24) is 4.90 Å². The second-order valence-corrected chi connectivity index (χ2v) is 5.71. The fourth-order valence-electron chi connectivity index (χ4n) is 3.55. The Morgan fingerprint density at radius 3 is 2.65 bits per heavy atom. The Morgan fingerprint density at radius 2 is 1.94 bits per heavy atom. The van der Waals surface area contributed by atoms with E-state index < -0.39 is 0 Å². The van der Waals surface area contributed by atoms with Crippen LogP contribution in [0.5, 0.6) is 0 Å². The molecule has 0 amide bonds. The number of likely N-dealkylation sites (tertiary alicyclic amines) is 1. The fraction of sp³-hybridized carbons (Fsp3) is 0.600. The highest BCUT2D eigenvalue weighted by atomic mass is 15.2. The summed E-state index contributed by atoms with van der Waals surface area (Å²) in [7, 11) is 0. The molecule has 3 rings (SSSR count). The van der Waals surface area contributed by atoms with Gasteiger partial charge < -0.3 is 10.6 Å². The highest BCUT2D eigenvalue weighted by molar-refractivity contribution is 5.40. The Kier molecular flexibility index (Phi) is 3.06. The standard InChI is InChI=1S/C15H22N2/c16-15-6-1-3-12(9-15)7-8-17-10-13-4-2-5-14(13)11-17/h1,3,6,9,13-14H,2,4-5,7-8,10-11,16H2. The Hall–Kier alpha value is -1.02. The van der Waals surface area contributed by atoms with Crippen molar-refractivity contribution in [2.24, 2.45) is 11.8 Å². The molecule has 2 N–H and O–H groups in total. The predicted octanol–water partition coefficient (Wildman–Crippen LogP) is 2.54. The van der Waals surface area contributed by atoms with E-state index in [0.29, 0.717) is 0 Å². The molecule has 0 bridgehead atoms. The van der Waals surface area contributed by atoms with Crippen molar-refractivity contribution < 1.29 is 0 Å². The van der Waals surface area contributed by atoms with Crippen LogP contribution in [0.1, 0.15) is 24.8 Å². The number of hydrogen-bond donors (Lipinski definition) is 1. The minimum absolute atomic E-state index is 0.890. The van der Waals surface area contributed by atoms with Gasteiger partial charge in [0.05, 0.1) is 0 Å². The van der Waals surface area contributed by atoms with Gasteiger partial charge in [-0.15, -0.1) is 0 Å². The van der Waals surface area contributed by atoms with Crippen LogP contribution in [0.15, 0.2) is 24.3 Å². The maximum Gasteiger partial charge on any atom is 0.0316 e. The van der Waals surface area contributed by atoms with Gasteiger partial charge in [-0.25, -0.2) is 0 Å². The molecule has 2 aliphatic rings. The van der Waals surface area contributed by atoms with Crippen LogP contribution < -0.4 is 5.73 Å². The summed E-state index contributed by atoms with van der Waals surface area (Å²) in [5.41, 5.74) is 8.07. The second kappa shape index (κ2) is 4.69. The molecular weight excluding hydrogens is 208 g/mol. The Morgan fingerprint density at radius 1 is 1.18 bits per heavy atom. The third kappa shape index (κ3) is 2.47. The maximum absolute atomic E-state index is 5.80. The Bertz CT molecular complexity index is 376. The molecular formula is C15H22N2. The van der Waals surface area contributed by atoms with E-state index >= 15 is 0 Å². The molecule has 1 saturated carbocycles. The van der Waals surface area contributed by atoms with Gasteiger partial charge in [0.15, 0.2) is 0 Å². The average Bonchev–Trinajstić information content (AvgIpc) is 2.86. The molecule has 0 aromatic heterocycles. The molecule has 2 heteroatoms. The summed E-state index contributed by atoms with van der Waals surface area (Å²) in [5.74, 6) is 2.02. The highest BCUT2D eigenvalue weighted by Crippen LogP contribution is 2.37. The number of rotatable bonds is 3. The molecule has 0 spiro atoms. The molecule has 2 fully saturated rings. The third-order valence-corrected chi connectivity index (χ3v) is 4.47. The molecule has 2 unspecified atom stereocenters. The lowest BCUT2D eigenvalue weighted by atomic mass is 10.0. The normalized spacial score (nSPS) is 28.5. The zero-order chi connectivity index (χ0) is 11.7. The lowest BCUT2D eigenvalue weighted by Crippen LogP contribution is -2.24. The molecule has 1 heterocycles.